The molecule has 0 heterocycles. The first-order valence-electron chi connectivity index (χ1n) is 1.60. The summed E-state index contributed by atoms with van der Waals surface area (Å²) < 4.78 is 0. The van der Waals surface area contributed by atoms with Gasteiger partial charge in [0.2, 0.25) is 0 Å². The van der Waals surface area contributed by atoms with Gasteiger partial charge >= 0.3 is 0 Å². The molecule has 2 atom stereocenters. The van der Waals surface area contributed by atoms with E-state index in [0.717, 1.165) is 5.21 Å². The van der Waals surface area contributed by atoms with Crippen LogP contribution in [0.5, 0.6) is 0 Å². The quantitative estimate of drug-likeness (QED) is 0.342. The standard InChI is InChI=1S/C2H6B2P2/c1-2(5)4(3)6/h1,5-6H2. The lowest BCUT2D eigenvalue weighted by molar-refractivity contribution is 2.46. The van der Waals surface area contributed by atoms with Crippen molar-refractivity contribution in [3.8, 4) is 0 Å². The molecule has 0 saturated carbocycles. The van der Waals surface area contributed by atoms with Crippen LogP contribution >= 0.6 is 18.4 Å². The van der Waals surface area contributed by atoms with E-state index in [9.17, 15) is 0 Å². The van der Waals surface area contributed by atoms with Gasteiger partial charge in [-0.15, -0.1) is 15.8 Å². The molecule has 2 unspecified atom stereocenters. The molecule has 0 N–H and O–H groups in total. The Bertz CT molecular complexity index is 60.6. The third-order valence-electron chi connectivity index (χ3n) is 0.428. The van der Waals surface area contributed by atoms with Crippen molar-refractivity contribution in [2.45, 2.75) is 0 Å². The van der Waals surface area contributed by atoms with Crippen molar-refractivity contribution in [1.29, 1.82) is 0 Å². The van der Waals surface area contributed by atoms with Gasteiger partial charge in [-0.3, -0.25) is 0 Å². The summed E-state index contributed by atoms with van der Waals surface area (Å²) in [4.78, 5) is 0. The van der Waals surface area contributed by atoms with Crippen LogP contribution in [0.3, 0.4) is 0 Å². The van der Waals surface area contributed by atoms with Crippen LogP contribution in [0.1, 0.15) is 0 Å². The van der Waals surface area contributed by atoms with E-state index in [4.69, 9.17) is 7.74 Å². The molecule has 0 nitrogen and oxygen atoms in total. The summed E-state index contributed by atoms with van der Waals surface area (Å²) in [7, 11) is 10.1. The second-order valence-corrected chi connectivity index (χ2v) is 2.56. The van der Waals surface area contributed by atoms with Crippen molar-refractivity contribution in [2.24, 2.45) is 0 Å². The minimum absolute atomic E-state index is 0.0370. The maximum Gasteiger partial charge on any atom is 0.147 e. The van der Waals surface area contributed by atoms with Crippen LogP contribution in [0.25, 0.3) is 0 Å². The van der Waals surface area contributed by atoms with Crippen LogP contribution in [0, 0.1) is 0 Å². The lowest BCUT2D eigenvalue weighted by Gasteiger charge is -1.93. The van der Waals surface area contributed by atoms with E-state index < -0.39 is 0 Å². The van der Waals surface area contributed by atoms with E-state index in [0.29, 0.717) is 0 Å². The number of hydrogen-bond donors (Lipinski definition) is 0. The molecule has 0 rings (SSSR count). The zero-order valence-corrected chi connectivity index (χ0v) is 5.83. The molecule has 0 aromatic heterocycles. The zero-order chi connectivity index (χ0) is 5.15. The molecule has 0 aliphatic carbocycles. The SMILES string of the molecule is [B]B(P)C(=C)P. The maximum atomic E-state index is 5.28. The van der Waals surface area contributed by atoms with Gasteiger partial charge in [0, 0.05) is 7.74 Å². The zero-order valence-electron chi connectivity index (χ0n) is 3.52. The van der Waals surface area contributed by atoms with Crippen LogP contribution < -0.4 is 0 Å². The second-order valence-electron chi connectivity index (χ2n) is 1.10. The molecule has 0 saturated heterocycles. The number of hydrogen-bond acceptors (Lipinski definition) is 0. The Hall–Kier alpha value is 0.730. The van der Waals surface area contributed by atoms with E-state index >= 15 is 0 Å². The van der Waals surface area contributed by atoms with Crippen molar-refractivity contribution < 1.29 is 0 Å². The Morgan fingerprint density at radius 1 is 1.83 bits per heavy atom. The summed E-state index contributed by atoms with van der Waals surface area (Å²) in [6.07, 6.45) is 0.0370. The summed E-state index contributed by atoms with van der Waals surface area (Å²) >= 11 is 0. The van der Waals surface area contributed by atoms with E-state index in [2.05, 4.69) is 24.9 Å². The fourth-order valence-corrected chi connectivity index (χ4v) is 0. The van der Waals surface area contributed by atoms with Gasteiger partial charge in [0.1, 0.15) is 6.32 Å². The highest BCUT2D eigenvalue weighted by molar-refractivity contribution is 7.77. The van der Waals surface area contributed by atoms with Crippen LogP contribution in [0.2, 0.25) is 0 Å². The highest BCUT2D eigenvalue weighted by atomic mass is 31.0. The summed E-state index contributed by atoms with van der Waals surface area (Å²) in [6, 6.07) is 0. The first-order chi connectivity index (χ1) is 2.64. The maximum absolute atomic E-state index is 5.28. The summed E-state index contributed by atoms with van der Waals surface area (Å²) in [5.74, 6) is 0. The summed E-state index contributed by atoms with van der Waals surface area (Å²) in [5, 5.41) is 0.917. The second kappa shape index (κ2) is 2.83. The molecule has 0 bridgehead atoms. The monoisotopic (exact) mass is 114 g/mol. The van der Waals surface area contributed by atoms with Crippen molar-refractivity contribution in [3.63, 3.8) is 0 Å². The molecule has 0 spiro atoms. The van der Waals surface area contributed by atoms with Crippen molar-refractivity contribution in [1.82, 2.24) is 0 Å². The molecule has 0 aliphatic rings. The highest BCUT2D eigenvalue weighted by Gasteiger charge is 1.93. The topological polar surface area (TPSA) is 0 Å². The lowest BCUT2D eigenvalue weighted by atomic mass is 9.53. The molecule has 0 aromatic rings. The van der Waals surface area contributed by atoms with Gasteiger partial charge in [-0.2, -0.15) is 9.12 Å². The third-order valence-corrected chi connectivity index (χ3v) is 1.63. The minimum atomic E-state index is 0.0370. The molecule has 0 amide bonds. The number of rotatable bonds is 1. The predicted octanol–water partition coefficient (Wildman–Crippen LogP) is 0.446. The van der Waals surface area contributed by atoms with E-state index in [1.807, 2.05) is 0 Å². The molecule has 4 heteroatoms. The van der Waals surface area contributed by atoms with Gasteiger partial charge in [0.25, 0.3) is 0 Å². The Morgan fingerprint density at radius 3 is 2.00 bits per heavy atom. The van der Waals surface area contributed by atoms with Gasteiger partial charge in [-0.1, -0.05) is 5.21 Å². The van der Waals surface area contributed by atoms with E-state index in [1.54, 1.807) is 0 Å². The van der Waals surface area contributed by atoms with Gasteiger partial charge in [-0.25, -0.2) is 0 Å². The fourth-order valence-electron chi connectivity index (χ4n) is 0. The van der Waals surface area contributed by atoms with Gasteiger partial charge in [-0.05, 0) is 0 Å². The van der Waals surface area contributed by atoms with Gasteiger partial charge in [0.05, 0.1) is 0 Å². The van der Waals surface area contributed by atoms with Crippen molar-refractivity contribution in [3.05, 3.63) is 11.8 Å². The molecule has 2 radical (unpaired) electrons. The highest BCUT2D eigenvalue weighted by Crippen LogP contribution is 2.07. The molecular weight excluding hydrogens is 108 g/mol. The average molecular weight is 114 g/mol. The third kappa shape index (κ3) is 2.94. The van der Waals surface area contributed by atoms with Gasteiger partial charge in [0.15, 0.2) is 0 Å². The van der Waals surface area contributed by atoms with Crippen LogP contribution in [-0.2, 0) is 0 Å². The lowest BCUT2D eigenvalue weighted by Crippen LogP contribution is -1.99. The first-order valence-corrected chi connectivity index (χ1v) is 2.84. The average Bonchev–Trinajstić information content (AvgIpc) is 1.36. The summed E-state index contributed by atoms with van der Waals surface area (Å²) in [5.41, 5.74) is 0. The Labute approximate surface area is 45.0 Å². The smallest absolute Gasteiger partial charge is 0.147 e. The fraction of sp³-hybridized carbons (Fsp3) is 0. The normalized spacial score (nSPS) is 7.67. The molecular formula is C2H6B2P2. The van der Waals surface area contributed by atoms with Crippen molar-refractivity contribution in [2.75, 3.05) is 0 Å². The molecule has 0 aromatic carbocycles. The molecule has 30 valence electrons. The first kappa shape index (κ1) is 6.73. The van der Waals surface area contributed by atoms with Gasteiger partial charge < -0.3 is 0 Å². The molecule has 0 aliphatic heterocycles. The Morgan fingerprint density at radius 2 is 2.00 bits per heavy atom. The summed E-state index contributed by atoms with van der Waals surface area (Å²) in [6.45, 7) is 3.57. The Kier molecular flexibility index (Phi) is 3.17. The van der Waals surface area contributed by atoms with Crippen LogP contribution in [0.4, 0.5) is 0 Å². The van der Waals surface area contributed by atoms with E-state index in [1.165, 1.54) is 0 Å². The molecule has 0 fully saturated rings. The van der Waals surface area contributed by atoms with E-state index in [-0.39, 0.29) is 6.32 Å². The predicted molar refractivity (Wildman–Crippen MR) is 40.1 cm³/mol. The Balaban J connectivity index is 3.26. The minimum Gasteiger partial charge on any atom is -0.174 e. The van der Waals surface area contributed by atoms with Crippen LogP contribution in [0.15, 0.2) is 11.8 Å². The van der Waals surface area contributed by atoms with Crippen LogP contribution in [-0.4, -0.2) is 14.1 Å². The van der Waals surface area contributed by atoms with Crippen molar-refractivity contribution >= 4 is 32.4 Å². The molecule has 6 heavy (non-hydrogen) atoms. The largest absolute Gasteiger partial charge is 0.174 e.